The summed E-state index contributed by atoms with van der Waals surface area (Å²) in [6, 6.07) is 165. The summed E-state index contributed by atoms with van der Waals surface area (Å²) in [5.41, 5.74) is 45.3. The molecule has 0 fully saturated rings. The van der Waals surface area contributed by atoms with Gasteiger partial charge < -0.3 is 37.3 Å². The van der Waals surface area contributed by atoms with Crippen LogP contribution in [0.4, 0.5) is 68.2 Å². The van der Waals surface area contributed by atoms with Crippen molar-refractivity contribution in [2.24, 2.45) is 0 Å². The summed E-state index contributed by atoms with van der Waals surface area (Å²) in [5, 5.41) is 13.7. The van der Waals surface area contributed by atoms with Gasteiger partial charge in [-0.25, -0.2) is 0 Å². The van der Waals surface area contributed by atoms with E-state index in [1.54, 1.807) is 0 Å². The highest BCUT2D eigenvalue weighted by Crippen LogP contribution is 2.64. The molecule has 0 saturated carbocycles. The van der Waals surface area contributed by atoms with Gasteiger partial charge in [-0.2, -0.15) is 0 Å². The van der Waals surface area contributed by atoms with Crippen LogP contribution in [-0.2, 0) is 21.7 Å². The first-order valence-corrected chi connectivity index (χ1v) is 51.9. The van der Waals surface area contributed by atoms with Crippen LogP contribution in [0.1, 0.15) is 105 Å². The van der Waals surface area contributed by atoms with Gasteiger partial charge in [0.1, 0.15) is 22.3 Å². The van der Waals surface area contributed by atoms with Gasteiger partial charge in [0.05, 0.1) is 34.1 Å². The van der Waals surface area contributed by atoms with Crippen molar-refractivity contribution >= 4 is 178 Å². The highest BCUT2D eigenvalue weighted by atomic mass is 16.3. The maximum Gasteiger partial charge on any atom is 0.159 e. The Morgan fingerprint density at radius 1 is 0.161 bits per heavy atom. The molecule has 4 heterocycles. The summed E-state index contributed by atoms with van der Waals surface area (Å²) in [6.45, 7) is 21.4. The van der Waals surface area contributed by atoms with Crippen molar-refractivity contribution in [2.75, 3.05) is 19.6 Å². The van der Waals surface area contributed by atoms with E-state index < -0.39 is 0 Å². The molecule has 26 aromatic rings. The van der Waals surface area contributed by atoms with E-state index in [4.69, 9.17) is 17.7 Å². The first-order valence-electron chi connectivity index (χ1n) is 51.9. The van der Waals surface area contributed by atoms with Crippen LogP contribution in [0, 0.1) is 6.92 Å². The van der Waals surface area contributed by atoms with Crippen molar-refractivity contribution in [2.45, 2.75) is 84.0 Å². The second kappa shape index (κ2) is 32.9. The Morgan fingerprint density at radius 2 is 0.436 bits per heavy atom. The third-order valence-corrected chi connectivity index (χ3v) is 33.2. The second-order valence-corrected chi connectivity index (χ2v) is 42.8. The highest BCUT2D eigenvalue weighted by molar-refractivity contribution is 6.20. The van der Waals surface area contributed by atoms with Crippen LogP contribution >= 0.6 is 0 Å². The van der Waals surface area contributed by atoms with Gasteiger partial charge in [-0.05, 0) is 263 Å². The quantitative estimate of drug-likeness (QED) is 0.107. The molecular weight excluding hydrogens is 1810 g/mol. The number of fused-ring (bicyclic) bond motifs is 28. The van der Waals surface area contributed by atoms with E-state index in [1.165, 1.54) is 111 Å². The molecule has 4 aromatic heterocycles. The Hall–Kier alpha value is -18.2. The molecule has 8 heteroatoms. The van der Waals surface area contributed by atoms with Crippen LogP contribution in [0.5, 0.6) is 0 Å². The fourth-order valence-electron chi connectivity index (χ4n) is 25.9. The molecule has 0 N–H and O–H groups in total. The third kappa shape index (κ3) is 13.1. The number of para-hydroxylation sites is 12. The molecule has 0 saturated heterocycles. The topological polar surface area (TPSA) is 65.5 Å². The lowest BCUT2D eigenvalue weighted by atomic mass is 9.79. The van der Waals surface area contributed by atoms with Gasteiger partial charge in [-0.15, -0.1) is 0 Å². The van der Waals surface area contributed by atoms with E-state index in [0.717, 1.165) is 184 Å². The molecule has 0 bridgehead atoms. The average Bonchev–Trinajstić information content (AvgIpc) is 1.53. The average molecular weight is 1920 g/mol. The predicted molar refractivity (Wildman–Crippen MR) is 622 cm³/mol. The van der Waals surface area contributed by atoms with Crippen LogP contribution in [0.3, 0.4) is 0 Å². The van der Waals surface area contributed by atoms with Crippen molar-refractivity contribution in [1.82, 2.24) is 0 Å². The Balaban J connectivity index is 0.000000140. The number of benzene rings is 22. The van der Waals surface area contributed by atoms with E-state index in [1.807, 2.05) is 6.07 Å². The molecule has 4 aliphatic carbocycles. The number of hydrogen-bond acceptors (Lipinski definition) is 8. The van der Waals surface area contributed by atoms with Gasteiger partial charge >= 0.3 is 0 Å². The minimum absolute atomic E-state index is 0.290. The summed E-state index contributed by atoms with van der Waals surface area (Å²) < 4.78 is 27.7. The van der Waals surface area contributed by atoms with Crippen molar-refractivity contribution in [3.63, 3.8) is 0 Å². The van der Waals surface area contributed by atoms with Crippen molar-refractivity contribution in [3.05, 3.63) is 505 Å². The molecule has 22 aromatic carbocycles. The molecule has 0 amide bonds. The molecule has 4 aliphatic rings. The molecule has 710 valence electrons. The lowest BCUT2D eigenvalue weighted by molar-refractivity contribution is 0.652. The Kier molecular flexibility index (Phi) is 19.3. The summed E-state index contributed by atoms with van der Waals surface area (Å²) in [6.07, 6.45) is 0. The maximum atomic E-state index is 7.13. The minimum Gasteiger partial charge on any atom is -0.454 e. The molecule has 0 radical (unpaired) electrons. The van der Waals surface area contributed by atoms with Crippen LogP contribution in [0.15, 0.2) is 473 Å². The van der Waals surface area contributed by atoms with E-state index in [-0.39, 0.29) is 21.7 Å². The van der Waals surface area contributed by atoms with Gasteiger partial charge in [-0.3, -0.25) is 0 Å². The third-order valence-electron chi connectivity index (χ3n) is 33.2. The lowest BCUT2D eigenvalue weighted by Crippen LogP contribution is -2.18. The number of hydrogen-bond donors (Lipinski definition) is 0. The van der Waals surface area contributed by atoms with E-state index in [9.17, 15) is 0 Å². The number of anilines is 12. The molecule has 0 atom stereocenters. The normalized spacial score (nSPS) is 13.9. The monoisotopic (exact) mass is 1910 g/mol. The molecule has 149 heavy (non-hydrogen) atoms. The first-order chi connectivity index (χ1) is 72.9. The number of rotatable bonds is 14. The predicted octanol–water partition coefficient (Wildman–Crippen LogP) is 40.0. The highest BCUT2D eigenvalue weighted by Gasteiger charge is 2.47. The zero-order chi connectivity index (χ0) is 99.8. The van der Waals surface area contributed by atoms with Gasteiger partial charge in [0.25, 0.3) is 0 Å². The molecule has 0 spiro atoms. The molecule has 0 aliphatic heterocycles. The van der Waals surface area contributed by atoms with Gasteiger partial charge in [0.15, 0.2) is 22.3 Å². The first kappa shape index (κ1) is 87.4. The van der Waals surface area contributed by atoms with Gasteiger partial charge in [0, 0.05) is 121 Å². The Bertz CT molecular complexity index is 10100. The second-order valence-electron chi connectivity index (χ2n) is 42.8. The molecular formula is C141H102N4O4. The fraction of sp³-hybridized carbons (Fsp3) is 0.0922. The number of nitrogens with zero attached hydrogens (tertiary/aromatic N) is 4. The molecule has 30 rings (SSSR count). The number of aryl methyl sites for hydroxylation is 1. The Morgan fingerprint density at radius 3 is 0.839 bits per heavy atom. The van der Waals surface area contributed by atoms with Gasteiger partial charge in [0.2, 0.25) is 0 Å². The van der Waals surface area contributed by atoms with E-state index >= 15 is 0 Å². The standard InChI is InChI=1S/C71H52N2O2.C70H50N2O2/c1-43-21-17-31-52-54-33-20-36-63(69(54)74-66(43)52)73(46-26-13-8-14-27-46)64-42-61-65(51-29-16-15-28-50(51)64)57-41-59-56(40-60(57)71(61,4)5)49-38-37-47(39-58(49)70(59,2)3)72(45-24-11-7-12-25-45)62-35-19-34-55-53-32-18-30-48(67(53)75-68(55)62)44-22-9-6-10-23-44;1-69(2)57-39-46(71(44-23-10-6-11-24-44)61-34-19-32-52-50-28-16-17-36-64(50)73-67(52)61)37-38-48(57)55-40-59-56(41-58(55)69)65-51-29-15-14-27-49(51)63(42-60(65)70(59,3)4)72(45-25-12-7-13-26-45)62-35-20-33-54-53-31-18-30-47(66(53)74-68(54)62)43-21-8-5-9-22-43/h6-42H,1-5H3;5-42H,1-4H3. The van der Waals surface area contributed by atoms with Crippen LogP contribution < -0.4 is 19.6 Å². The van der Waals surface area contributed by atoms with Crippen molar-refractivity contribution in [1.29, 1.82) is 0 Å². The fourth-order valence-corrected chi connectivity index (χ4v) is 25.9. The Labute approximate surface area is 864 Å². The largest absolute Gasteiger partial charge is 0.454 e. The maximum absolute atomic E-state index is 7.13. The van der Waals surface area contributed by atoms with Crippen LogP contribution in [-0.4, -0.2) is 0 Å². The summed E-state index contributed by atoms with van der Waals surface area (Å²) in [5.74, 6) is 0. The molecule has 0 unspecified atom stereocenters. The number of furan rings is 4. The van der Waals surface area contributed by atoms with E-state index in [2.05, 4.69) is 531 Å². The lowest BCUT2D eigenvalue weighted by Gasteiger charge is -2.29. The van der Waals surface area contributed by atoms with E-state index in [0.29, 0.717) is 0 Å². The van der Waals surface area contributed by atoms with Crippen LogP contribution in [0.25, 0.3) is 176 Å². The summed E-state index contributed by atoms with van der Waals surface area (Å²) in [7, 11) is 0. The van der Waals surface area contributed by atoms with Crippen molar-refractivity contribution in [3.8, 4) is 66.8 Å². The summed E-state index contributed by atoms with van der Waals surface area (Å²) >= 11 is 0. The molecule has 8 nitrogen and oxygen atoms in total. The smallest absolute Gasteiger partial charge is 0.159 e. The zero-order valence-corrected chi connectivity index (χ0v) is 84.2. The van der Waals surface area contributed by atoms with Crippen molar-refractivity contribution < 1.29 is 17.7 Å². The van der Waals surface area contributed by atoms with Gasteiger partial charge in [-0.1, -0.05) is 371 Å². The zero-order valence-electron chi connectivity index (χ0n) is 84.2. The van der Waals surface area contributed by atoms with Crippen LogP contribution in [0.2, 0.25) is 0 Å². The summed E-state index contributed by atoms with van der Waals surface area (Å²) in [4.78, 5) is 9.60. The SMILES string of the molecule is CC1(C)c2cc(N(c3ccccc3)c3cccc4c3oc3ccccc34)ccc2-c2cc3c(cc21)-c1c(cc(N(c2ccccc2)c2cccc4c2oc2c(-c5ccccc5)cccc24)c2ccccc12)C3(C)C.Cc1cccc2c1oc1c(N(c3ccccc3)c3cc4c(c5ccccc35)-c3cc5c(cc3C4(C)C)-c3ccc(N(c4ccccc4)c4cccc6c4oc4c(-c7ccccc7)cccc46)cc3C5(C)C)cccc12. The minimum atomic E-state index is -0.320.